The van der Waals surface area contributed by atoms with E-state index in [2.05, 4.69) is 0 Å². The Bertz CT molecular complexity index is 110. The Balaban J connectivity index is 2.59. The van der Waals surface area contributed by atoms with E-state index in [9.17, 15) is 4.79 Å². The topological polar surface area (TPSA) is 17.1 Å². The van der Waals surface area contributed by atoms with Crippen LogP contribution in [-0.2, 0) is 4.79 Å². The summed E-state index contributed by atoms with van der Waals surface area (Å²) in [6.45, 7) is 0. The van der Waals surface area contributed by atoms with Crippen LogP contribution >= 0.6 is 0 Å². The zero-order valence-electron chi connectivity index (χ0n) is 3.79. The summed E-state index contributed by atoms with van der Waals surface area (Å²) in [6, 6.07) is 0. The van der Waals surface area contributed by atoms with E-state index in [1.165, 1.54) is 0 Å². The van der Waals surface area contributed by atoms with E-state index in [4.69, 9.17) is 0 Å². The van der Waals surface area contributed by atoms with Crippen molar-refractivity contribution >= 4 is 6.29 Å². The molecule has 35 valence electrons. The predicted molar refractivity (Wildman–Crippen MR) is 27.6 cm³/mol. The second-order valence-electron chi connectivity index (χ2n) is 1.34. The first kappa shape index (κ1) is 4.31. The van der Waals surface area contributed by atoms with Crippen molar-refractivity contribution in [1.29, 1.82) is 0 Å². The number of allylic oxidation sites excluding steroid dienone is 4. The molecule has 0 aromatic carbocycles. The molecular formula is C6H5O. The quantitative estimate of drug-likeness (QED) is 0.440. The van der Waals surface area contributed by atoms with Gasteiger partial charge in [-0.3, -0.25) is 0 Å². The van der Waals surface area contributed by atoms with Gasteiger partial charge in [0.25, 0.3) is 0 Å². The van der Waals surface area contributed by atoms with Crippen LogP contribution in [0.1, 0.15) is 0 Å². The van der Waals surface area contributed by atoms with Crippen LogP contribution in [0.15, 0.2) is 24.3 Å². The Kier molecular flexibility index (Phi) is 1.07. The lowest BCUT2D eigenvalue weighted by Gasteiger charge is -1.81. The summed E-state index contributed by atoms with van der Waals surface area (Å²) in [5.41, 5.74) is 0. The maximum atomic E-state index is 9.87. The van der Waals surface area contributed by atoms with Crippen molar-refractivity contribution in [1.82, 2.24) is 0 Å². The lowest BCUT2D eigenvalue weighted by Crippen LogP contribution is -1.82. The van der Waals surface area contributed by atoms with Gasteiger partial charge in [0.1, 0.15) is 6.29 Å². The first-order valence-electron chi connectivity index (χ1n) is 2.10. The van der Waals surface area contributed by atoms with Crippen LogP contribution < -0.4 is 0 Å². The molecule has 0 saturated carbocycles. The molecule has 1 aliphatic rings. The maximum Gasteiger partial charge on any atom is 0.135 e. The van der Waals surface area contributed by atoms with Gasteiger partial charge in [-0.05, 0) is 0 Å². The summed E-state index contributed by atoms with van der Waals surface area (Å²) in [7, 11) is 0. The molecule has 0 bridgehead atoms. The van der Waals surface area contributed by atoms with Crippen molar-refractivity contribution < 1.29 is 4.79 Å². The van der Waals surface area contributed by atoms with Crippen molar-refractivity contribution in [2.75, 3.05) is 0 Å². The summed E-state index contributed by atoms with van der Waals surface area (Å²) in [6.07, 6.45) is 8.05. The zero-order valence-corrected chi connectivity index (χ0v) is 3.79. The van der Waals surface area contributed by atoms with Crippen molar-refractivity contribution in [3.05, 3.63) is 30.2 Å². The molecule has 0 aromatic rings. The Labute approximate surface area is 42.3 Å². The number of aldehydes is 1. The average Bonchev–Trinajstić information content (AvgIpc) is 2.14. The third kappa shape index (κ3) is 0.769. The number of carbonyl (C=O) groups excluding carboxylic acids is 1. The number of rotatable bonds is 1. The summed E-state index contributed by atoms with van der Waals surface area (Å²) in [4.78, 5) is 9.87. The summed E-state index contributed by atoms with van der Waals surface area (Å²) in [5, 5.41) is 0. The van der Waals surface area contributed by atoms with E-state index in [0.717, 1.165) is 12.2 Å². The largest absolute Gasteiger partial charge is 0.302 e. The molecule has 0 N–H and O–H groups in total. The molecule has 0 heterocycles. The Morgan fingerprint density at radius 2 is 1.86 bits per heavy atom. The summed E-state index contributed by atoms with van der Waals surface area (Å²) in [5.74, 6) is 0.750. The van der Waals surface area contributed by atoms with Crippen molar-refractivity contribution in [2.45, 2.75) is 0 Å². The van der Waals surface area contributed by atoms with E-state index in [1.54, 1.807) is 12.2 Å². The molecule has 1 rings (SSSR count). The molecule has 1 radical (unpaired) electrons. The van der Waals surface area contributed by atoms with Gasteiger partial charge in [0.2, 0.25) is 0 Å². The fourth-order valence-corrected chi connectivity index (χ4v) is 0.467. The Morgan fingerprint density at radius 1 is 1.29 bits per heavy atom. The van der Waals surface area contributed by atoms with Crippen molar-refractivity contribution in [3.8, 4) is 0 Å². The summed E-state index contributed by atoms with van der Waals surface area (Å²) >= 11 is 0. The van der Waals surface area contributed by atoms with Crippen LogP contribution in [0.3, 0.4) is 0 Å². The predicted octanol–water partition coefficient (Wildman–Crippen LogP) is 0.886. The molecule has 1 nitrogen and oxygen atoms in total. The number of hydrogen-bond donors (Lipinski definition) is 0. The zero-order chi connectivity index (χ0) is 5.11. The van der Waals surface area contributed by atoms with Crippen LogP contribution in [0.2, 0.25) is 0 Å². The molecule has 0 spiro atoms. The molecule has 0 unspecified atom stereocenters. The second-order valence-corrected chi connectivity index (χ2v) is 1.34. The molecule has 7 heavy (non-hydrogen) atoms. The minimum Gasteiger partial charge on any atom is -0.302 e. The third-order valence-electron chi connectivity index (χ3n) is 0.825. The minimum absolute atomic E-state index is 0.750. The van der Waals surface area contributed by atoms with Gasteiger partial charge in [-0.2, -0.15) is 0 Å². The molecule has 1 heteroatoms. The van der Waals surface area contributed by atoms with Gasteiger partial charge >= 0.3 is 0 Å². The first-order chi connectivity index (χ1) is 3.43. The van der Waals surface area contributed by atoms with Crippen LogP contribution in [-0.4, -0.2) is 6.29 Å². The average molecular weight is 93.1 g/mol. The molecule has 0 aliphatic heterocycles. The Hall–Kier alpha value is -0.850. The van der Waals surface area contributed by atoms with Crippen molar-refractivity contribution in [2.24, 2.45) is 0 Å². The molecule has 0 saturated heterocycles. The summed E-state index contributed by atoms with van der Waals surface area (Å²) < 4.78 is 0. The highest BCUT2D eigenvalue weighted by Crippen LogP contribution is 2.05. The maximum absolute atomic E-state index is 9.87. The number of hydrogen-bond acceptors (Lipinski definition) is 1. The first-order valence-corrected chi connectivity index (χ1v) is 2.10. The van der Waals surface area contributed by atoms with E-state index < -0.39 is 0 Å². The van der Waals surface area contributed by atoms with E-state index in [0.29, 0.717) is 0 Å². The van der Waals surface area contributed by atoms with Gasteiger partial charge in [-0.1, -0.05) is 24.3 Å². The fourth-order valence-electron chi connectivity index (χ4n) is 0.467. The van der Waals surface area contributed by atoms with Crippen LogP contribution in [0.5, 0.6) is 0 Å². The van der Waals surface area contributed by atoms with Crippen LogP contribution in [0.4, 0.5) is 0 Å². The lowest BCUT2D eigenvalue weighted by atomic mass is 10.2. The SMILES string of the molecule is O=C[C]1C=CC=C1. The smallest absolute Gasteiger partial charge is 0.135 e. The normalized spacial score (nSPS) is 18.3. The molecule has 1 aliphatic carbocycles. The van der Waals surface area contributed by atoms with Gasteiger partial charge in [0, 0.05) is 0 Å². The van der Waals surface area contributed by atoms with Gasteiger partial charge < -0.3 is 4.79 Å². The minimum atomic E-state index is 0.750. The molecule has 0 amide bonds. The second kappa shape index (κ2) is 1.73. The van der Waals surface area contributed by atoms with Gasteiger partial charge in [-0.25, -0.2) is 0 Å². The molecule has 0 aromatic heterocycles. The van der Waals surface area contributed by atoms with Gasteiger partial charge in [0.15, 0.2) is 0 Å². The monoisotopic (exact) mass is 93.0 g/mol. The molecule has 0 atom stereocenters. The highest BCUT2D eigenvalue weighted by Gasteiger charge is 1.98. The number of carbonyl (C=O) groups is 1. The van der Waals surface area contributed by atoms with Crippen LogP contribution in [0, 0.1) is 5.92 Å². The highest BCUT2D eigenvalue weighted by molar-refractivity contribution is 5.78. The van der Waals surface area contributed by atoms with Gasteiger partial charge in [0.05, 0.1) is 5.92 Å². The third-order valence-corrected chi connectivity index (χ3v) is 0.825. The highest BCUT2D eigenvalue weighted by atomic mass is 16.1. The molecule has 0 fully saturated rings. The van der Waals surface area contributed by atoms with E-state index in [1.807, 2.05) is 12.2 Å². The van der Waals surface area contributed by atoms with E-state index in [-0.39, 0.29) is 0 Å². The molecular weight excluding hydrogens is 88.1 g/mol. The lowest BCUT2D eigenvalue weighted by molar-refractivity contribution is -0.105. The van der Waals surface area contributed by atoms with Crippen LogP contribution in [0.25, 0.3) is 0 Å². The van der Waals surface area contributed by atoms with E-state index >= 15 is 0 Å². The van der Waals surface area contributed by atoms with Crippen molar-refractivity contribution in [3.63, 3.8) is 0 Å². The Morgan fingerprint density at radius 3 is 2.14 bits per heavy atom. The van der Waals surface area contributed by atoms with Gasteiger partial charge in [-0.15, -0.1) is 0 Å². The standard InChI is InChI=1S/C6H5O/c7-5-6-3-1-2-4-6/h1-5H. The fraction of sp³-hybridized carbons (Fsp3) is 0.